The fraction of sp³-hybridized carbons (Fsp3) is 0.400. The molecule has 0 saturated carbocycles. The largest absolute Gasteiger partial charge is 0.468 e. The van der Waals surface area contributed by atoms with Crippen molar-refractivity contribution in [2.75, 3.05) is 6.54 Å². The summed E-state index contributed by atoms with van der Waals surface area (Å²) in [7, 11) is 0. The third-order valence-corrected chi connectivity index (χ3v) is 3.73. The lowest BCUT2D eigenvalue weighted by atomic mass is 10.0. The van der Waals surface area contributed by atoms with Crippen molar-refractivity contribution < 1.29 is 9.52 Å². The van der Waals surface area contributed by atoms with Crippen LogP contribution in [0.5, 0.6) is 0 Å². The minimum absolute atomic E-state index is 0.147. The van der Waals surface area contributed by atoms with Crippen LogP contribution >= 0.6 is 0 Å². The first-order valence-electron chi connectivity index (χ1n) is 6.66. The molecular weight excluding hydrogens is 240 g/mol. The molecule has 0 aromatic carbocycles. The van der Waals surface area contributed by atoms with Gasteiger partial charge in [-0.15, -0.1) is 0 Å². The molecule has 0 bridgehead atoms. The van der Waals surface area contributed by atoms with E-state index in [4.69, 9.17) is 4.42 Å². The Balaban J connectivity index is 1.70. The molecule has 1 aliphatic rings. The van der Waals surface area contributed by atoms with Crippen LogP contribution in [0.4, 0.5) is 0 Å². The van der Waals surface area contributed by atoms with E-state index in [1.165, 1.54) is 0 Å². The Kier molecular flexibility index (Phi) is 3.62. The van der Waals surface area contributed by atoms with Gasteiger partial charge in [0.05, 0.1) is 18.9 Å². The van der Waals surface area contributed by atoms with Crippen LogP contribution in [-0.2, 0) is 13.0 Å². The highest BCUT2D eigenvalue weighted by Gasteiger charge is 2.33. The van der Waals surface area contributed by atoms with Gasteiger partial charge in [0.2, 0.25) is 0 Å². The van der Waals surface area contributed by atoms with E-state index in [9.17, 15) is 5.11 Å². The molecule has 4 nitrogen and oxygen atoms in total. The topological polar surface area (TPSA) is 49.5 Å². The van der Waals surface area contributed by atoms with Gasteiger partial charge in [-0.25, -0.2) is 0 Å². The summed E-state index contributed by atoms with van der Waals surface area (Å²) in [6.07, 6.45) is 6.72. The van der Waals surface area contributed by atoms with Gasteiger partial charge in [0, 0.05) is 25.0 Å². The molecule has 1 saturated heterocycles. The molecule has 1 aliphatic heterocycles. The predicted molar refractivity (Wildman–Crippen MR) is 71.5 cm³/mol. The number of aromatic nitrogens is 1. The van der Waals surface area contributed by atoms with Crippen LogP contribution in [0, 0.1) is 0 Å². The van der Waals surface area contributed by atoms with Gasteiger partial charge < -0.3 is 9.52 Å². The Hall–Kier alpha value is -1.65. The number of pyridine rings is 1. The fourth-order valence-corrected chi connectivity index (χ4v) is 2.72. The van der Waals surface area contributed by atoms with Crippen LogP contribution in [0.15, 0.2) is 47.3 Å². The molecule has 0 amide bonds. The first-order chi connectivity index (χ1) is 9.33. The summed E-state index contributed by atoms with van der Waals surface area (Å²) in [4.78, 5) is 6.42. The van der Waals surface area contributed by atoms with Crippen LogP contribution < -0.4 is 0 Å². The molecule has 4 heteroatoms. The molecule has 100 valence electrons. The zero-order valence-corrected chi connectivity index (χ0v) is 10.8. The summed E-state index contributed by atoms with van der Waals surface area (Å²) < 4.78 is 5.39. The molecule has 19 heavy (non-hydrogen) atoms. The van der Waals surface area contributed by atoms with Crippen LogP contribution in [0.25, 0.3) is 0 Å². The molecule has 1 fully saturated rings. The zero-order chi connectivity index (χ0) is 13.1. The Bertz CT molecular complexity index is 498. The average Bonchev–Trinajstić information content (AvgIpc) is 3.05. The maximum Gasteiger partial charge on any atom is 0.117 e. The number of hydrogen-bond acceptors (Lipinski definition) is 4. The maximum atomic E-state index is 10.2. The highest BCUT2D eigenvalue weighted by atomic mass is 16.3. The second-order valence-corrected chi connectivity index (χ2v) is 5.04. The highest BCUT2D eigenvalue weighted by molar-refractivity contribution is 5.12. The van der Waals surface area contributed by atoms with E-state index in [1.807, 2.05) is 24.4 Å². The van der Waals surface area contributed by atoms with E-state index in [0.29, 0.717) is 0 Å². The molecule has 0 spiro atoms. The molecule has 2 aromatic heterocycles. The second kappa shape index (κ2) is 5.55. The van der Waals surface area contributed by atoms with Gasteiger partial charge >= 0.3 is 0 Å². The number of aliphatic hydroxyl groups excluding tert-OH is 1. The van der Waals surface area contributed by atoms with Crippen LogP contribution in [-0.4, -0.2) is 33.7 Å². The van der Waals surface area contributed by atoms with Gasteiger partial charge in [0.1, 0.15) is 5.76 Å². The van der Waals surface area contributed by atoms with Crippen molar-refractivity contribution in [2.45, 2.75) is 31.5 Å². The summed E-state index contributed by atoms with van der Waals surface area (Å²) in [6.45, 7) is 1.67. The van der Waals surface area contributed by atoms with Gasteiger partial charge in [0.15, 0.2) is 0 Å². The molecule has 1 N–H and O–H groups in total. The number of likely N-dealkylation sites (tertiary alicyclic amines) is 1. The number of nitrogens with zero attached hydrogens (tertiary/aromatic N) is 2. The SMILES string of the molecule is O[C@@H]1CCN(Cc2ccco2)[C@@H]1Cc1cccnc1. The van der Waals surface area contributed by atoms with E-state index in [0.717, 1.165) is 37.3 Å². The molecule has 0 radical (unpaired) electrons. The van der Waals surface area contributed by atoms with Crippen molar-refractivity contribution >= 4 is 0 Å². The van der Waals surface area contributed by atoms with E-state index < -0.39 is 0 Å². The summed E-state index contributed by atoms with van der Waals surface area (Å²) in [5.41, 5.74) is 1.16. The van der Waals surface area contributed by atoms with Crippen LogP contribution in [0.2, 0.25) is 0 Å². The summed E-state index contributed by atoms with van der Waals surface area (Å²) in [5.74, 6) is 0.949. The average molecular weight is 258 g/mol. The number of aliphatic hydroxyl groups is 1. The lowest BCUT2D eigenvalue weighted by molar-refractivity contribution is 0.109. The molecule has 0 unspecified atom stereocenters. The summed E-state index contributed by atoms with van der Waals surface area (Å²) in [5, 5.41) is 10.2. The first kappa shape index (κ1) is 12.4. The van der Waals surface area contributed by atoms with Gasteiger partial charge in [-0.1, -0.05) is 6.07 Å². The first-order valence-corrected chi connectivity index (χ1v) is 6.66. The highest BCUT2D eigenvalue weighted by Crippen LogP contribution is 2.23. The number of furan rings is 1. The normalized spacial score (nSPS) is 23.8. The van der Waals surface area contributed by atoms with Crippen molar-refractivity contribution in [1.82, 2.24) is 9.88 Å². The van der Waals surface area contributed by atoms with E-state index in [1.54, 1.807) is 12.5 Å². The second-order valence-electron chi connectivity index (χ2n) is 5.04. The minimum Gasteiger partial charge on any atom is -0.468 e. The van der Waals surface area contributed by atoms with E-state index >= 15 is 0 Å². The Morgan fingerprint density at radius 2 is 2.32 bits per heavy atom. The quantitative estimate of drug-likeness (QED) is 0.909. The number of hydrogen-bond donors (Lipinski definition) is 1. The molecule has 2 aromatic rings. The molecule has 3 heterocycles. The van der Waals surface area contributed by atoms with Crippen molar-refractivity contribution in [2.24, 2.45) is 0 Å². The van der Waals surface area contributed by atoms with E-state index in [2.05, 4.69) is 16.0 Å². The minimum atomic E-state index is -0.268. The molecule has 0 aliphatic carbocycles. The monoisotopic (exact) mass is 258 g/mol. The Morgan fingerprint density at radius 1 is 1.37 bits per heavy atom. The molecule has 3 rings (SSSR count). The van der Waals surface area contributed by atoms with Crippen molar-refractivity contribution in [3.05, 3.63) is 54.2 Å². The molecule has 2 atom stereocenters. The third-order valence-electron chi connectivity index (χ3n) is 3.73. The third kappa shape index (κ3) is 2.85. The fourth-order valence-electron chi connectivity index (χ4n) is 2.72. The predicted octanol–water partition coefficient (Wildman–Crippen LogP) is 1.85. The van der Waals surface area contributed by atoms with Crippen molar-refractivity contribution in [1.29, 1.82) is 0 Å². The lowest BCUT2D eigenvalue weighted by Gasteiger charge is -2.25. The van der Waals surface area contributed by atoms with Gasteiger partial charge in [-0.2, -0.15) is 0 Å². The standard InChI is InChI=1S/C15H18N2O2/c18-15-5-7-17(11-13-4-2-8-19-13)14(15)9-12-3-1-6-16-10-12/h1-4,6,8,10,14-15,18H,5,7,9,11H2/t14-,15-/m1/s1. The molecular formula is C15H18N2O2. The lowest BCUT2D eigenvalue weighted by Crippen LogP contribution is -2.36. The maximum absolute atomic E-state index is 10.2. The zero-order valence-electron chi connectivity index (χ0n) is 10.8. The van der Waals surface area contributed by atoms with Gasteiger partial charge in [0.25, 0.3) is 0 Å². The van der Waals surface area contributed by atoms with Crippen LogP contribution in [0.3, 0.4) is 0 Å². The Morgan fingerprint density at radius 3 is 3.05 bits per heavy atom. The summed E-state index contributed by atoms with van der Waals surface area (Å²) in [6, 6.07) is 8.02. The van der Waals surface area contributed by atoms with Gasteiger partial charge in [-0.3, -0.25) is 9.88 Å². The van der Waals surface area contributed by atoms with Crippen LogP contribution in [0.1, 0.15) is 17.7 Å². The smallest absolute Gasteiger partial charge is 0.117 e. The Labute approximate surface area is 112 Å². The van der Waals surface area contributed by atoms with Crippen molar-refractivity contribution in [3.8, 4) is 0 Å². The van der Waals surface area contributed by atoms with Crippen molar-refractivity contribution in [3.63, 3.8) is 0 Å². The number of rotatable bonds is 4. The summed E-state index contributed by atoms with van der Waals surface area (Å²) >= 11 is 0. The van der Waals surface area contributed by atoms with E-state index in [-0.39, 0.29) is 12.1 Å². The van der Waals surface area contributed by atoms with Gasteiger partial charge in [-0.05, 0) is 36.6 Å².